The van der Waals surface area contributed by atoms with E-state index < -0.39 is 11.9 Å². The standard InChI is InChI=1S/C19H18N2O4S2/c1-3-25-13-6-8-15-16(11-13)27-19(21(15)12-18(23)24-2)20-17(22)9-7-14-5-4-10-26-14/h4-11H,3,12H2,1-2H3. The monoisotopic (exact) mass is 402 g/mol. The second kappa shape index (κ2) is 8.79. The first-order valence-electron chi connectivity index (χ1n) is 8.24. The SMILES string of the molecule is CCOc1ccc2c(c1)sc(=NC(=O)C=Cc1cccs1)n2CC(=O)OC. The molecule has 3 aromatic rings. The molecule has 0 saturated heterocycles. The predicted octanol–water partition coefficient (Wildman–Crippen LogP) is 3.48. The Hall–Kier alpha value is -2.71. The molecule has 2 heterocycles. The number of thiophene rings is 1. The highest BCUT2D eigenvalue weighted by molar-refractivity contribution is 7.16. The van der Waals surface area contributed by atoms with Crippen LogP contribution < -0.4 is 9.54 Å². The molecule has 0 aliphatic heterocycles. The molecule has 0 saturated carbocycles. The van der Waals surface area contributed by atoms with Crippen molar-refractivity contribution in [1.29, 1.82) is 0 Å². The number of aromatic nitrogens is 1. The van der Waals surface area contributed by atoms with E-state index in [1.807, 2.05) is 42.6 Å². The Morgan fingerprint density at radius 2 is 2.15 bits per heavy atom. The third-order valence-electron chi connectivity index (χ3n) is 3.62. The van der Waals surface area contributed by atoms with Crippen LogP contribution in [0.2, 0.25) is 0 Å². The minimum Gasteiger partial charge on any atom is -0.494 e. The van der Waals surface area contributed by atoms with Crippen LogP contribution in [0.5, 0.6) is 5.75 Å². The first kappa shape index (κ1) is 19.1. The van der Waals surface area contributed by atoms with E-state index in [0.29, 0.717) is 11.4 Å². The number of ether oxygens (including phenoxy) is 2. The van der Waals surface area contributed by atoms with Crippen molar-refractivity contribution in [3.8, 4) is 5.75 Å². The Balaban J connectivity index is 2.01. The van der Waals surface area contributed by atoms with Crippen molar-refractivity contribution in [1.82, 2.24) is 4.57 Å². The highest BCUT2D eigenvalue weighted by atomic mass is 32.1. The molecule has 0 unspecified atom stereocenters. The Bertz CT molecular complexity index is 1050. The van der Waals surface area contributed by atoms with E-state index in [2.05, 4.69) is 4.99 Å². The van der Waals surface area contributed by atoms with Gasteiger partial charge in [0, 0.05) is 11.0 Å². The van der Waals surface area contributed by atoms with Crippen LogP contribution in [0.15, 0.2) is 46.8 Å². The maximum Gasteiger partial charge on any atom is 0.325 e. The van der Waals surface area contributed by atoms with E-state index >= 15 is 0 Å². The van der Waals surface area contributed by atoms with Crippen LogP contribution in [0.25, 0.3) is 16.3 Å². The molecule has 27 heavy (non-hydrogen) atoms. The van der Waals surface area contributed by atoms with Gasteiger partial charge >= 0.3 is 5.97 Å². The van der Waals surface area contributed by atoms with Crippen LogP contribution in [0.4, 0.5) is 0 Å². The summed E-state index contributed by atoms with van der Waals surface area (Å²) in [6.07, 6.45) is 3.14. The minimum atomic E-state index is -0.411. The normalized spacial score (nSPS) is 12.0. The second-order valence-corrected chi connectivity index (χ2v) is 7.40. The van der Waals surface area contributed by atoms with Gasteiger partial charge in [-0.25, -0.2) is 0 Å². The lowest BCUT2D eigenvalue weighted by molar-refractivity contribution is -0.141. The first-order chi connectivity index (χ1) is 13.1. The molecule has 2 aromatic heterocycles. The molecule has 0 N–H and O–H groups in total. The third kappa shape index (κ3) is 4.72. The quantitative estimate of drug-likeness (QED) is 0.468. The molecule has 0 aliphatic rings. The number of methoxy groups -OCH3 is 1. The zero-order valence-corrected chi connectivity index (χ0v) is 16.5. The molecule has 6 nitrogen and oxygen atoms in total. The number of fused-ring (bicyclic) bond motifs is 1. The summed E-state index contributed by atoms with van der Waals surface area (Å²) >= 11 is 2.86. The molecule has 0 spiro atoms. The van der Waals surface area contributed by atoms with Gasteiger partial charge in [0.2, 0.25) is 0 Å². The average molecular weight is 402 g/mol. The van der Waals surface area contributed by atoms with Gasteiger partial charge in [-0.05, 0) is 42.6 Å². The van der Waals surface area contributed by atoms with E-state index in [1.165, 1.54) is 35.9 Å². The predicted molar refractivity (Wildman–Crippen MR) is 107 cm³/mol. The molecule has 0 radical (unpaired) electrons. The molecule has 0 bridgehead atoms. The summed E-state index contributed by atoms with van der Waals surface area (Å²) in [7, 11) is 1.33. The van der Waals surface area contributed by atoms with Crippen LogP contribution >= 0.6 is 22.7 Å². The summed E-state index contributed by atoms with van der Waals surface area (Å²) in [5.41, 5.74) is 0.794. The fourth-order valence-electron chi connectivity index (χ4n) is 2.41. The van der Waals surface area contributed by atoms with Crippen LogP contribution in [-0.2, 0) is 20.9 Å². The van der Waals surface area contributed by atoms with E-state index in [4.69, 9.17) is 9.47 Å². The van der Waals surface area contributed by atoms with Gasteiger partial charge in [-0.3, -0.25) is 9.59 Å². The topological polar surface area (TPSA) is 69.9 Å². The number of carbonyl (C=O) groups excluding carboxylic acids is 2. The first-order valence-corrected chi connectivity index (χ1v) is 9.93. The number of rotatable bonds is 6. The van der Waals surface area contributed by atoms with Gasteiger partial charge < -0.3 is 14.0 Å². The van der Waals surface area contributed by atoms with Gasteiger partial charge in [-0.1, -0.05) is 17.4 Å². The van der Waals surface area contributed by atoms with Crippen molar-refractivity contribution in [2.75, 3.05) is 13.7 Å². The van der Waals surface area contributed by atoms with E-state index in [1.54, 1.807) is 10.6 Å². The summed E-state index contributed by atoms with van der Waals surface area (Å²) in [6, 6.07) is 9.39. The Morgan fingerprint density at radius 3 is 2.85 bits per heavy atom. The van der Waals surface area contributed by atoms with Gasteiger partial charge in [-0.2, -0.15) is 4.99 Å². The van der Waals surface area contributed by atoms with Gasteiger partial charge in [-0.15, -0.1) is 11.3 Å². The Labute approximate surface area is 164 Å². The molecular weight excluding hydrogens is 384 g/mol. The summed E-state index contributed by atoms with van der Waals surface area (Å²) in [5.74, 6) is -0.0721. The molecular formula is C19H18N2O4S2. The molecule has 1 aromatic carbocycles. The van der Waals surface area contributed by atoms with Gasteiger partial charge in [0.25, 0.3) is 5.91 Å². The van der Waals surface area contributed by atoms with Crippen molar-refractivity contribution in [2.24, 2.45) is 4.99 Å². The maximum atomic E-state index is 12.3. The average Bonchev–Trinajstić information content (AvgIpc) is 3.28. The number of esters is 1. The number of benzene rings is 1. The fourth-order valence-corrected chi connectivity index (χ4v) is 4.09. The number of carbonyl (C=O) groups is 2. The van der Waals surface area contributed by atoms with Crippen molar-refractivity contribution in [3.63, 3.8) is 0 Å². The highest BCUT2D eigenvalue weighted by Crippen LogP contribution is 2.23. The number of amides is 1. The number of thiazole rings is 1. The molecule has 1 amide bonds. The van der Waals surface area contributed by atoms with Crippen molar-refractivity contribution in [3.05, 3.63) is 51.5 Å². The lowest BCUT2D eigenvalue weighted by atomic mass is 10.3. The molecule has 0 aliphatic carbocycles. The second-order valence-electron chi connectivity index (χ2n) is 5.41. The molecule has 140 valence electrons. The van der Waals surface area contributed by atoms with Gasteiger partial charge in [0.15, 0.2) is 4.80 Å². The summed E-state index contributed by atoms with van der Waals surface area (Å²) in [4.78, 5) is 29.7. The minimum absolute atomic E-state index is 0.0226. The van der Waals surface area contributed by atoms with Crippen LogP contribution in [0, 0.1) is 0 Å². The number of nitrogens with zero attached hydrogens (tertiary/aromatic N) is 2. The molecule has 0 atom stereocenters. The van der Waals surface area contributed by atoms with Crippen molar-refractivity contribution in [2.45, 2.75) is 13.5 Å². The lowest BCUT2D eigenvalue weighted by Crippen LogP contribution is -2.22. The van der Waals surface area contributed by atoms with Crippen LogP contribution in [0.3, 0.4) is 0 Å². The van der Waals surface area contributed by atoms with Gasteiger partial charge in [0.05, 0.1) is 23.9 Å². The third-order valence-corrected chi connectivity index (χ3v) is 5.50. The lowest BCUT2D eigenvalue weighted by Gasteiger charge is -2.05. The Morgan fingerprint density at radius 1 is 1.30 bits per heavy atom. The zero-order valence-electron chi connectivity index (χ0n) is 14.9. The largest absolute Gasteiger partial charge is 0.494 e. The fraction of sp³-hybridized carbons (Fsp3) is 0.211. The van der Waals surface area contributed by atoms with E-state index in [9.17, 15) is 9.59 Å². The number of hydrogen-bond acceptors (Lipinski definition) is 6. The molecule has 8 heteroatoms. The summed E-state index contributed by atoms with van der Waals surface area (Å²) < 4.78 is 12.8. The zero-order chi connectivity index (χ0) is 19.2. The maximum absolute atomic E-state index is 12.3. The van der Waals surface area contributed by atoms with Crippen molar-refractivity contribution >= 4 is 50.8 Å². The van der Waals surface area contributed by atoms with Crippen LogP contribution in [0.1, 0.15) is 11.8 Å². The smallest absolute Gasteiger partial charge is 0.325 e. The summed E-state index contributed by atoms with van der Waals surface area (Å²) in [6.45, 7) is 2.45. The van der Waals surface area contributed by atoms with E-state index in [0.717, 1.165) is 20.8 Å². The van der Waals surface area contributed by atoms with E-state index in [-0.39, 0.29) is 6.54 Å². The summed E-state index contributed by atoms with van der Waals surface area (Å²) in [5, 5.41) is 1.94. The molecule has 3 rings (SSSR count). The highest BCUT2D eigenvalue weighted by Gasteiger charge is 2.12. The Kier molecular flexibility index (Phi) is 6.20. The molecule has 0 fully saturated rings. The van der Waals surface area contributed by atoms with Crippen molar-refractivity contribution < 1.29 is 19.1 Å². The van der Waals surface area contributed by atoms with Crippen LogP contribution in [-0.4, -0.2) is 30.2 Å². The number of hydrogen-bond donors (Lipinski definition) is 0. The van der Waals surface area contributed by atoms with Gasteiger partial charge in [0.1, 0.15) is 12.3 Å².